The Morgan fingerprint density at radius 1 is 0.980 bits per heavy atom. The average molecular weight is 711 g/mol. The molecule has 2 aromatic heterocycles. The fourth-order valence-electron chi connectivity index (χ4n) is 8.27. The normalized spacial score (nSPS) is 23.2. The van der Waals surface area contributed by atoms with Crippen LogP contribution in [0.3, 0.4) is 0 Å². The van der Waals surface area contributed by atoms with Crippen LogP contribution in [-0.4, -0.2) is 56.9 Å². The fourth-order valence-corrected chi connectivity index (χ4v) is 9.24. The first kappa shape index (κ1) is 36.9. The number of likely N-dealkylation sites (tertiary alicyclic amines) is 1. The highest BCUT2D eigenvalue weighted by molar-refractivity contribution is 7.14. The van der Waals surface area contributed by atoms with Crippen LogP contribution >= 0.6 is 11.3 Å². The highest BCUT2D eigenvalue weighted by atomic mass is 32.1. The van der Waals surface area contributed by atoms with Crippen molar-refractivity contribution in [1.82, 2.24) is 20.2 Å². The molecule has 0 bridgehead atoms. The summed E-state index contributed by atoms with van der Waals surface area (Å²) in [4.78, 5) is 50.8. The number of aliphatic carboxylic acids is 1. The molecule has 3 heterocycles. The first-order valence-electron chi connectivity index (χ1n) is 18.9. The molecular formula is C42H54N4O4S. The standard InChI is InChI=1S/C42H54N4O4S/c1-6-7-28-12-17-32(20-26(28)2)29-13-15-30(16-14-29)33-22-43-38(44-23-33)31-10-8-27(9-11-31)21-35(40(48)46-24-34(25-46)41(49)50)45-39(47)36-18-19-37(51-36)42(3,4)5/h8-11,15,18-19,22-23,26,28-29,32,34-35H,6-7,12-14,16-17,20-21,24-25H2,1-5H3,(H,45,47)(H,49,50)/t26?,28?,29?,32?,35-/m0/s1. The van der Waals surface area contributed by atoms with Crippen molar-refractivity contribution < 1.29 is 19.5 Å². The van der Waals surface area contributed by atoms with Gasteiger partial charge in [0.2, 0.25) is 5.91 Å². The van der Waals surface area contributed by atoms with E-state index in [0.29, 0.717) is 10.7 Å². The van der Waals surface area contributed by atoms with Gasteiger partial charge in [-0.1, -0.05) is 77.8 Å². The van der Waals surface area contributed by atoms with Gasteiger partial charge in [-0.05, 0) is 90.9 Å². The predicted molar refractivity (Wildman–Crippen MR) is 203 cm³/mol. The van der Waals surface area contributed by atoms with Gasteiger partial charge in [0.15, 0.2) is 5.82 Å². The summed E-state index contributed by atoms with van der Waals surface area (Å²) >= 11 is 1.42. The molecule has 3 aromatic rings. The van der Waals surface area contributed by atoms with E-state index < -0.39 is 17.9 Å². The zero-order valence-corrected chi connectivity index (χ0v) is 31.7. The van der Waals surface area contributed by atoms with Gasteiger partial charge in [-0.15, -0.1) is 11.3 Å². The van der Waals surface area contributed by atoms with E-state index in [2.05, 4.69) is 46.0 Å². The first-order valence-corrected chi connectivity index (χ1v) is 19.7. The SMILES string of the molecule is CCCC1CCC(C2CC=C(c3cnc(-c4ccc(C[C@H](NC(=O)c5ccc(C(C)(C)C)s5)C(=O)N5CC(C(=O)O)C5)cc4)nc3)CC2)CC1C. The minimum atomic E-state index is -0.910. The van der Waals surface area contributed by atoms with Gasteiger partial charge in [0.1, 0.15) is 6.04 Å². The molecule has 2 aliphatic carbocycles. The Morgan fingerprint density at radius 2 is 1.71 bits per heavy atom. The fraction of sp³-hybridized carbons (Fsp3) is 0.548. The third kappa shape index (κ3) is 8.79. The van der Waals surface area contributed by atoms with Crippen molar-refractivity contribution in [2.45, 2.75) is 104 Å². The van der Waals surface area contributed by atoms with Crippen LogP contribution in [0.1, 0.15) is 112 Å². The van der Waals surface area contributed by atoms with Crippen LogP contribution in [0.2, 0.25) is 0 Å². The summed E-state index contributed by atoms with van der Waals surface area (Å²) in [5.74, 6) is 2.02. The third-order valence-corrected chi connectivity index (χ3v) is 13.1. The lowest BCUT2D eigenvalue weighted by atomic mass is 9.66. The lowest BCUT2D eigenvalue weighted by Gasteiger charge is -2.39. The maximum Gasteiger partial charge on any atom is 0.310 e. The number of carboxylic acids is 1. The van der Waals surface area contributed by atoms with E-state index in [1.165, 1.54) is 60.3 Å². The molecule has 8 nitrogen and oxygen atoms in total. The first-order chi connectivity index (χ1) is 24.4. The summed E-state index contributed by atoms with van der Waals surface area (Å²) < 4.78 is 0. The minimum absolute atomic E-state index is 0.0872. The van der Waals surface area contributed by atoms with Crippen LogP contribution < -0.4 is 5.32 Å². The molecule has 1 aliphatic heterocycles. The van der Waals surface area contributed by atoms with Gasteiger partial charge in [-0.25, -0.2) is 9.97 Å². The van der Waals surface area contributed by atoms with E-state index in [9.17, 15) is 19.5 Å². The molecule has 1 aromatic carbocycles. The molecule has 3 aliphatic rings. The summed E-state index contributed by atoms with van der Waals surface area (Å²) in [5, 5.41) is 12.3. The molecule has 6 rings (SSSR count). The molecule has 1 saturated heterocycles. The van der Waals surface area contributed by atoms with E-state index in [0.717, 1.165) is 58.1 Å². The number of benzene rings is 1. The number of carbonyl (C=O) groups excluding carboxylic acids is 2. The molecule has 0 radical (unpaired) electrons. The van der Waals surface area contributed by atoms with Crippen LogP contribution in [0.15, 0.2) is 54.9 Å². The Kier molecular flexibility index (Phi) is 11.4. The second kappa shape index (κ2) is 15.8. The number of nitrogens with zero attached hydrogens (tertiary/aromatic N) is 3. The number of nitrogens with one attached hydrogen (secondary N) is 1. The summed E-state index contributed by atoms with van der Waals surface area (Å²) in [6.45, 7) is 11.4. The van der Waals surface area contributed by atoms with Crippen LogP contribution in [-0.2, 0) is 21.4 Å². The highest BCUT2D eigenvalue weighted by Gasteiger charge is 2.39. The van der Waals surface area contributed by atoms with Crippen LogP contribution in [0.5, 0.6) is 0 Å². The molecule has 0 spiro atoms. The molecule has 51 heavy (non-hydrogen) atoms. The Morgan fingerprint density at radius 3 is 2.29 bits per heavy atom. The number of thiophene rings is 1. The lowest BCUT2D eigenvalue weighted by molar-refractivity contribution is -0.153. The second-order valence-corrected chi connectivity index (χ2v) is 17.4. The van der Waals surface area contributed by atoms with Crippen molar-refractivity contribution in [1.29, 1.82) is 0 Å². The van der Waals surface area contributed by atoms with E-state index in [1.807, 2.05) is 42.7 Å². The molecule has 1 saturated carbocycles. The summed E-state index contributed by atoms with van der Waals surface area (Å²) in [5.41, 5.74) is 4.12. The molecular weight excluding hydrogens is 657 g/mol. The Bertz CT molecular complexity index is 1720. The maximum absolute atomic E-state index is 13.5. The molecule has 272 valence electrons. The molecule has 2 amide bonds. The van der Waals surface area contributed by atoms with Crippen molar-refractivity contribution in [3.05, 3.63) is 75.7 Å². The number of carbonyl (C=O) groups is 3. The van der Waals surface area contributed by atoms with Crippen LogP contribution in [0, 0.1) is 29.6 Å². The predicted octanol–water partition coefficient (Wildman–Crippen LogP) is 8.42. The molecule has 2 fully saturated rings. The average Bonchev–Trinajstić information content (AvgIpc) is 3.61. The number of hydrogen-bond acceptors (Lipinski definition) is 6. The number of rotatable bonds is 11. The van der Waals surface area contributed by atoms with Crippen molar-refractivity contribution in [2.75, 3.05) is 13.1 Å². The zero-order valence-electron chi connectivity index (χ0n) is 30.9. The van der Waals surface area contributed by atoms with Gasteiger partial charge in [-0.2, -0.15) is 0 Å². The molecule has 4 unspecified atom stereocenters. The van der Waals surface area contributed by atoms with Gasteiger partial charge < -0.3 is 15.3 Å². The van der Waals surface area contributed by atoms with Gasteiger partial charge in [0.25, 0.3) is 5.91 Å². The second-order valence-electron chi connectivity index (χ2n) is 16.3. The van der Waals surface area contributed by atoms with E-state index >= 15 is 0 Å². The number of allylic oxidation sites excluding steroid dienone is 2. The van der Waals surface area contributed by atoms with Crippen LogP contribution in [0.25, 0.3) is 17.0 Å². The molecule has 2 N–H and O–H groups in total. The Labute approximate surface area is 307 Å². The van der Waals surface area contributed by atoms with E-state index in [1.54, 1.807) is 6.07 Å². The van der Waals surface area contributed by atoms with Crippen molar-refractivity contribution in [2.24, 2.45) is 29.6 Å². The van der Waals surface area contributed by atoms with Gasteiger partial charge in [-0.3, -0.25) is 14.4 Å². The van der Waals surface area contributed by atoms with Crippen LogP contribution in [0.4, 0.5) is 0 Å². The summed E-state index contributed by atoms with van der Waals surface area (Å²) in [6.07, 6.45) is 17.0. The topological polar surface area (TPSA) is 112 Å². The van der Waals surface area contributed by atoms with Crippen molar-refractivity contribution in [3.8, 4) is 11.4 Å². The van der Waals surface area contributed by atoms with Crippen molar-refractivity contribution in [3.63, 3.8) is 0 Å². The monoisotopic (exact) mass is 710 g/mol. The number of aromatic nitrogens is 2. The van der Waals surface area contributed by atoms with Crippen molar-refractivity contribution >= 4 is 34.7 Å². The summed E-state index contributed by atoms with van der Waals surface area (Å²) in [6, 6.07) is 10.7. The number of hydrogen-bond donors (Lipinski definition) is 2. The quantitative estimate of drug-likeness (QED) is 0.207. The smallest absolute Gasteiger partial charge is 0.310 e. The zero-order chi connectivity index (χ0) is 36.3. The minimum Gasteiger partial charge on any atom is -0.481 e. The number of amides is 2. The highest BCUT2D eigenvalue weighted by Crippen LogP contribution is 2.44. The van der Waals surface area contributed by atoms with Gasteiger partial charge in [0.05, 0.1) is 10.8 Å². The number of carboxylic acid groups (broad SMARTS) is 1. The van der Waals surface area contributed by atoms with Gasteiger partial charge in [0, 0.05) is 47.9 Å². The van der Waals surface area contributed by atoms with E-state index in [-0.39, 0.29) is 36.7 Å². The Balaban J connectivity index is 1.08. The Hall–Kier alpha value is -3.85. The molecule has 9 heteroatoms. The summed E-state index contributed by atoms with van der Waals surface area (Å²) in [7, 11) is 0. The van der Waals surface area contributed by atoms with E-state index in [4.69, 9.17) is 9.97 Å². The molecule has 5 atom stereocenters. The maximum atomic E-state index is 13.5. The lowest BCUT2D eigenvalue weighted by Crippen LogP contribution is -2.59. The largest absolute Gasteiger partial charge is 0.481 e. The van der Waals surface area contributed by atoms with Gasteiger partial charge >= 0.3 is 5.97 Å². The third-order valence-electron chi connectivity index (χ3n) is 11.6.